The molecule has 90 valence electrons. The van der Waals surface area contributed by atoms with Crippen molar-refractivity contribution in [2.75, 3.05) is 18.5 Å². The van der Waals surface area contributed by atoms with Gasteiger partial charge in [-0.05, 0) is 24.5 Å². The number of aryl methyl sites for hydroxylation is 1. The third-order valence-corrected chi connectivity index (χ3v) is 2.56. The average molecular weight is 228 g/mol. The fourth-order valence-corrected chi connectivity index (χ4v) is 1.78. The number of hydrogen-bond donors (Lipinski definition) is 0. The van der Waals surface area contributed by atoms with Crippen molar-refractivity contribution >= 4 is 5.69 Å². The first-order chi connectivity index (χ1) is 7.68. The van der Waals surface area contributed by atoms with Crippen LogP contribution in [0.1, 0.15) is 38.0 Å². The zero-order chi connectivity index (χ0) is 12.1. The molecule has 0 aliphatic carbocycles. The summed E-state index contributed by atoms with van der Waals surface area (Å²) in [6.07, 6.45) is 1.11. The molecule has 0 saturated carbocycles. The van der Waals surface area contributed by atoms with Crippen LogP contribution >= 0.6 is 0 Å². The highest BCUT2D eigenvalue weighted by Gasteiger charge is 2.17. The molecule has 0 bridgehead atoms. The molecule has 2 heterocycles. The summed E-state index contributed by atoms with van der Waals surface area (Å²) in [6.45, 7) is 4.93. The first-order valence-corrected chi connectivity index (χ1v) is 5.66. The van der Waals surface area contributed by atoms with E-state index in [-0.39, 0.29) is 5.69 Å². The highest BCUT2D eigenvalue weighted by molar-refractivity contribution is 5.54. The Bertz CT molecular complexity index is 340. The van der Waals surface area contributed by atoms with Gasteiger partial charge in [-0.2, -0.15) is 0 Å². The van der Waals surface area contributed by atoms with E-state index in [2.05, 4.69) is 4.98 Å². The lowest BCUT2D eigenvalue weighted by atomic mass is 10.0. The average Bonchev–Trinajstić information content (AvgIpc) is 2.32. The monoisotopic (exact) mass is 228 g/mol. The van der Waals surface area contributed by atoms with Gasteiger partial charge in [-0.15, -0.1) is 0 Å². The Morgan fingerprint density at radius 3 is 2.69 bits per heavy atom. The first kappa shape index (κ1) is 12.9. The minimum Gasteiger partial charge on any atom is -0.374 e. The van der Waals surface area contributed by atoms with Crippen LogP contribution in [0.25, 0.3) is 0 Å². The summed E-state index contributed by atoms with van der Waals surface area (Å²) in [5.74, 6) is 0. The highest BCUT2D eigenvalue weighted by atomic mass is 19.3. The molecule has 2 rings (SSSR count). The van der Waals surface area contributed by atoms with Gasteiger partial charge >= 0.3 is 0 Å². The van der Waals surface area contributed by atoms with Crippen LogP contribution in [0.2, 0.25) is 0 Å². The summed E-state index contributed by atoms with van der Waals surface area (Å²) in [5.41, 5.74) is 1.85. The lowest BCUT2D eigenvalue weighted by Gasteiger charge is -2.27. The number of hydrogen-bond acceptors (Lipinski definition) is 2. The molecule has 1 aromatic heterocycles. The van der Waals surface area contributed by atoms with E-state index >= 15 is 0 Å². The zero-order valence-corrected chi connectivity index (χ0v) is 10.0. The minimum absolute atomic E-state index is 0.127. The predicted molar refractivity (Wildman–Crippen MR) is 62.1 cm³/mol. The maximum absolute atomic E-state index is 12.4. The second-order valence-electron chi connectivity index (χ2n) is 3.56. The number of aromatic nitrogens is 1. The molecule has 0 saturated heterocycles. The van der Waals surface area contributed by atoms with Crippen LogP contribution in [-0.2, 0) is 6.42 Å². The fourth-order valence-electron chi connectivity index (χ4n) is 1.78. The second kappa shape index (κ2) is 5.77. The normalized spacial score (nSPS) is 14.2. The quantitative estimate of drug-likeness (QED) is 0.732. The molecule has 1 aliphatic rings. The molecule has 16 heavy (non-hydrogen) atoms. The van der Waals surface area contributed by atoms with Crippen molar-refractivity contribution < 1.29 is 8.78 Å². The van der Waals surface area contributed by atoms with Crippen LogP contribution in [0.15, 0.2) is 12.3 Å². The smallest absolute Gasteiger partial charge is 0.280 e. The Balaban J connectivity index is 0.000000606. The Labute approximate surface area is 95.3 Å². The van der Waals surface area contributed by atoms with Gasteiger partial charge in [0.25, 0.3) is 6.43 Å². The van der Waals surface area contributed by atoms with E-state index in [1.807, 2.05) is 25.8 Å². The van der Waals surface area contributed by atoms with Crippen molar-refractivity contribution in [3.8, 4) is 0 Å². The third-order valence-electron chi connectivity index (χ3n) is 2.56. The van der Waals surface area contributed by atoms with E-state index in [0.29, 0.717) is 0 Å². The molecular formula is C12H18F2N2. The van der Waals surface area contributed by atoms with Crippen LogP contribution in [0.3, 0.4) is 0 Å². The molecule has 4 heteroatoms. The number of fused-ring (bicyclic) bond motifs is 1. The number of pyridine rings is 1. The molecule has 0 radical (unpaired) electrons. The maximum Gasteiger partial charge on any atom is 0.280 e. The second-order valence-corrected chi connectivity index (χ2v) is 3.56. The molecular weight excluding hydrogens is 210 g/mol. The largest absolute Gasteiger partial charge is 0.374 e. The summed E-state index contributed by atoms with van der Waals surface area (Å²) in [5, 5.41) is 0. The topological polar surface area (TPSA) is 16.1 Å². The maximum atomic E-state index is 12.4. The molecule has 0 spiro atoms. The lowest BCUT2D eigenvalue weighted by molar-refractivity contribution is 0.146. The zero-order valence-electron chi connectivity index (χ0n) is 10.0. The third kappa shape index (κ3) is 2.68. The molecule has 1 aromatic rings. The van der Waals surface area contributed by atoms with E-state index in [4.69, 9.17) is 0 Å². The Morgan fingerprint density at radius 1 is 1.38 bits per heavy atom. The SMILES string of the molecule is CC.CN1CCCc2cnc(C(F)F)cc21. The van der Waals surface area contributed by atoms with Gasteiger partial charge < -0.3 is 4.90 Å². The van der Waals surface area contributed by atoms with Crippen LogP contribution in [0, 0.1) is 0 Å². The minimum atomic E-state index is -2.48. The molecule has 0 aromatic carbocycles. The molecule has 0 fully saturated rings. The van der Waals surface area contributed by atoms with Crippen molar-refractivity contribution in [1.82, 2.24) is 4.98 Å². The van der Waals surface area contributed by atoms with E-state index in [1.54, 1.807) is 6.20 Å². The Morgan fingerprint density at radius 2 is 2.06 bits per heavy atom. The van der Waals surface area contributed by atoms with Crippen LogP contribution in [-0.4, -0.2) is 18.6 Å². The molecule has 0 unspecified atom stereocenters. The highest BCUT2D eigenvalue weighted by Crippen LogP contribution is 2.28. The first-order valence-electron chi connectivity index (χ1n) is 5.66. The summed E-state index contributed by atoms with van der Waals surface area (Å²) in [4.78, 5) is 5.76. The van der Waals surface area contributed by atoms with Crippen LogP contribution < -0.4 is 4.90 Å². The van der Waals surface area contributed by atoms with Gasteiger partial charge in [0.2, 0.25) is 0 Å². The molecule has 1 aliphatic heterocycles. The van der Waals surface area contributed by atoms with Gasteiger partial charge in [0.05, 0.1) is 0 Å². The Kier molecular flexibility index (Phi) is 4.65. The number of anilines is 1. The fraction of sp³-hybridized carbons (Fsp3) is 0.583. The molecule has 0 amide bonds. The summed E-state index contributed by atoms with van der Waals surface area (Å²) in [6, 6.07) is 1.50. The molecule has 0 N–H and O–H groups in total. The van der Waals surface area contributed by atoms with E-state index in [0.717, 1.165) is 30.6 Å². The molecule has 0 atom stereocenters. The van der Waals surface area contributed by atoms with Crippen molar-refractivity contribution in [2.45, 2.75) is 33.1 Å². The summed E-state index contributed by atoms with van der Waals surface area (Å²) < 4.78 is 24.8. The van der Waals surface area contributed by atoms with Crippen molar-refractivity contribution in [2.24, 2.45) is 0 Å². The predicted octanol–water partition coefficient (Wildman–Crippen LogP) is 3.43. The van der Waals surface area contributed by atoms with Gasteiger partial charge in [-0.3, -0.25) is 4.98 Å². The summed E-state index contributed by atoms with van der Waals surface area (Å²) >= 11 is 0. The van der Waals surface area contributed by atoms with Crippen LogP contribution in [0.5, 0.6) is 0 Å². The van der Waals surface area contributed by atoms with Gasteiger partial charge in [0.15, 0.2) is 0 Å². The number of alkyl halides is 2. The van der Waals surface area contributed by atoms with Gasteiger partial charge in [0.1, 0.15) is 5.69 Å². The van der Waals surface area contributed by atoms with E-state index in [1.165, 1.54) is 6.07 Å². The number of halogens is 2. The van der Waals surface area contributed by atoms with Crippen molar-refractivity contribution in [3.05, 3.63) is 23.5 Å². The van der Waals surface area contributed by atoms with Gasteiger partial charge in [-0.1, -0.05) is 13.8 Å². The van der Waals surface area contributed by atoms with Crippen molar-refractivity contribution in [1.29, 1.82) is 0 Å². The standard InChI is InChI=1S/C10H12F2N2.C2H6/c1-14-4-2-3-7-6-13-8(10(11)12)5-9(7)14;1-2/h5-6,10H,2-4H2,1H3;1-2H3. The number of nitrogens with zero attached hydrogens (tertiary/aromatic N) is 2. The van der Waals surface area contributed by atoms with Crippen molar-refractivity contribution in [3.63, 3.8) is 0 Å². The van der Waals surface area contributed by atoms with Crippen LogP contribution in [0.4, 0.5) is 14.5 Å². The Hall–Kier alpha value is -1.19. The number of rotatable bonds is 1. The lowest BCUT2D eigenvalue weighted by Crippen LogP contribution is -2.25. The van der Waals surface area contributed by atoms with E-state index < -0.39 is 6.43 Å². The summed E-state index contributed by atoms with van der Waals surface area (Å²) in [7, 11) is 1.92. The van der Waals surface area contributed by atoms with Gasteiger partial charge in [-0.25, -0.2) is 8.78 Å². The van der Waals surface area contributed by atoms with Gasteiger partial charge in [0, 0.05) is 25.5 Å². The molecule has 2 nitrogen and oxygen atoms in total. The van der Waals surface area contributed by atoms with E-state index in [9.17, 15) is 8.78 Å².